The average Bonchev–Trinajstić information content (AvgIpc) is 2.45. The fourth-order valence-electron chi connectivity index (χ4n) is 1.76. The topological polar surface area (TPSA) is 53.2 Å². The molecule has 2 rings (SSSR count). The van der Waals surface area contributed by atoms with Crippen molar-refractivity contribution >= 4 is 0 Å². The first-order valence-corrected chi connectivity index (χ1v) is 6.09. The summed E-state index contributed by atoms with van der Waals surface area (Å²) in [5.74, 6) is 0.709. The van der Waals surface area contributed by atoms with E-state index < -0.39 is 6.10 Å². The third kappa shape index (κ3) is 3.57. The Balaban J connectivity index is 2.06. The van der Waals surface area contributed by atoms with Crippen molar-refractivity contribution in [2.45, 2.75) is 19.6 Å². The Hall–Kier alpha value is -2.31. The van der Waals surface area contributed by atoms with Crippen molar-refractivity contribution in [2.75, 3.05) is 0 Å². The Morgan fingerprint density at radius 2 is 2.00 bits per heavy atom. The summed E-state index contributed by atoms with van der Waals surface area (Å²) < 4.78 is 5.66. The molecule has 2 aromatic rings. The molecule has 0 saturated carbocycles. The molecule has 2 aromatic carbocycles. The molecule has 0 heterocycles. The SMILES string of the molecule is CC(O)c1cccc(OCc2cccc(C#N)c2)c1. The summed E-state index contributed by atoms with van der Waals surface area (Å²) in [6.07, 6.45) is -0.509. The van der Waals surface area contributed by atoms with Gasteiger partial charge in [-0.05, 0) is 42.3 Å². The molecule has 0 amide bonds. The monoisotopic (exact) mass is 253 g/mol. The molecule has 1 atom stereocenters. The summed E-state index contributed by atoms with van der Waals surface area (Å²) in [7, 11) is 0. The highest BCUT2D eigenvalue weighted by molar-refractivity contribution is 5.33. The van der Waals surface area contributed by atoms with Crippen LogP contribution < -0.4 is 4.74 Å². The molecule has 0 spiro atoms. The number of benzene rings is 2. The van der Waals surface area contributed by atoms with Crippen LogP contribution in [0.25, 0.3) is 0 Å². The van der Waals surface area contributed by atoms with Crippen LogP contribution >= 0.6 is 0 Å². The number of ether oxygens (including phenoxy) is 1. The normalized spacial score (nSPS) is 11.6. The Labute approximate surface area is 112 Å². The van der Waals surface area contributed by atoms with Crippen LogP contribution in [0.2, 0.25) is 0 Å². The lowest BCUT2D eigenvalue weighted by atomic mass is 10.1. The van der Waals surface area contributed by atoms with Crippen molar-refractivity contribution in [1.82, 2.24) is 0 Å². The second kappa shape index (κ2) is 6.03. The molecule has 3 nitrogen and oxygen atoms in total. The van der Waals surface area contributed by atoms with E-state index in [1.807, 2.05) is 36.4 Å². The van der Waals surface area contributed by atoms with E-state index in [1.54, 1.807) is 19.1 Å². The van der Waals surface area contributed by atoms with Gasteiger partial charge in [-0.1, -0.05) is 24.3 Å². The van der Waals surface area contributed by atoms with Crippen LogP contribution in [-0.2, 0) is 6.61 Å². The van der Waals surface area contributed by atoms with Gasteiger partial charge in [-0.15, -0.1) is 0 Å². The maximum Gasteiger partial charge on any atom is 0.120 e. The third-order valence-electron chi connectivity index (χ3n) is 2.80. The molecule has 0 bridgehead atoms. The predicted molar refractivity (Wildman–Crippen MR) is 72.6 cm³/mol. The maximum atomic E-state index is 9.51. The molecule has 0 aliphatic rings. The lowest BCUT2D eigenvalue weighted by Gasteiger charge is -2.09. The van der Waals surface area contributed by atoms with Gasteiger partial charge in [0.05, 0.1) is 17.7 Å². The number of hydrogen-bond acceptors (Lipinski definition) is 3. The number of nitriles is 1. The van der Waals surface area contributed by atoms with Crippen molar-refractivity contribution < 1.29 is 9.84 Å². The quantitative estimate of drug-likeness (QED) is 0.910. The van der Waals surface area contributed by atoms with E-state index in [4.69, 9.17) is 10.00 Å². The molecule has 1 N–H and O–H groups in total. The number of nitrogens with zero attached hydrogens (tertiary/aromatic N) is 1. The Kier molecular flexibility index (Phi) is 4.17. The Morgan fingerprint density at radius 1 is 1.21 bits per heavy atom. The summed E-state index contributed by atoms with van der Waals surface area (Å²) in [4.78, 5) is 0. The van der Waals surface area contributed by atoms with Gasteiger partial charge in [-0.2, -0.15) is 5.26 Å². The third-order valence-corrected chi connectivity index (χ3v) is 2.80. The van der Waals surface area contributed by atoms with E-state index in [0.717, 1.165) is 11.1 Å². The standard InChI is InChI=1S/C16H15NO2/c1-12(18)15-6-3-7-16(9-15)19-11-14-5-2-4-13(8-14)10-17/h2-9,12,18H,11H2,1H3. The van der Waals surface area contributed by atoms with Crippen molar-refractivity contribution in [3.8, 4) is 11.8 Å². The van der Waals surface area contributed by atoms with Crippen LogP contribution in [0, 0.1) is 11.3 Å². The number of aliphatic hydroxyl groups is 1. The van der Waals surface area contributed by atoms with Crippen LogP contribution in [0.5, 0.6) is 5.75 Å². The average molecular weight is 253 g/mol. The predicted octanol–water partition coefficient (Wildman–Crippen LogP) is 3.19. The fourth-order valence-corrected chi connectivity index (χ4v) is 1.76. The van der Waals surface area contributed by atoms with Crippen molar-refractivity contribution in [2.24, 2.45) is 0 Å². The second-order valence-corrected chi connectivity index (χ2v) is 4.35. The lowest BCUT2D eigenvalue weighted by molar-refractivity contribution is 0.198. The van der Waals surface area contributed by atoms with E-state index in [2.05, 4.69) is 6.07 Å². The summed E-state index contributed by atoms with van der Waals surface area (Å²) in [5.41, 5.74) is 2.39. The first-order chi connectivity index (χ1) is 9.19. The maximum absolute atomic E-state index is 9.51. The van der Waals surface area contributed by atoms with Gasteiger partial charge in [0.15, 0.2) is 0 Å². The summed E-state index contributed by atoms with van der Waals surface area (Å²) in [5, 5.41) is 18.3. The van der Waals surface area contributed by atoms with Gasteiger partial charge < -0.3 is 9.84 Å². The number of rotatable bonds is 4. The van der Waals surface area contributed by atoms with E-state index in [9.17, 15) is 5.11 Å². The molecular weight excluding hydrogens is 238 g/mol. The van der Waals surface area contributed by atoms with Gasteiger partial charge in [-0.3, -0.25) is 0 Å². The summed E-state index contributed by atoms with van der Waals surface area (Å²) in [6.45, 7) is 2.12. The highest BCUT2D eigenvalue weighted by Gasteiger charge is 2.03. The smallest absolute Gasteiger partial charge is 0.120 e. The van der Waals surface area contributed by atoms with Crippen molar-refractivity contribution in [3.05, 3.63) is 65.2 Å². The zero-order valence-corrected chi connectivity index (χ0v) is 10.7. The van der Waals surface area contributed by atoms with Crippen LogP contribution in [-0.4, -0.2) is 5.11 Å². The lowest BCUT2D eigenvalue weighted by Crippen LogP contribution is -1.97. The van der Waals surface area contributed by atoms with Crippen LogP contribution in [0.15, 0.2) is 48.5 Å². The molecule has 19 heavy (non-hydrogen) atoms. The minimum Gasteiger partial charge on any atom is -0.489 e. The second-order valence-electron chi connectivity index (χ2n) is 4.35. The van der Waals surface area contributed by atoms with Crippen LogP contribution in [0.4, 0.5) is 0 Å². The van der Waals surface area contributed by atoms with Gasteiger partial charge >= 0.3 is 0 Å². The molecule has 0 aliphatic carbocycles. The molecule has 96 valence electrons. The molecule has 0 radical (unpaired) electrons. The summed E-state index contributed by atoms with van der Waals surface area (Å²) in [6, 6.07) is 16.8. The molecular formula is C16H15NO2. The highest BCUT2D eigenvalue weighted by Crippen LogP contribution is 2.19. The number of aliphatic hydroxyl groups excluding tert-OH is 1. The van der Waals surface area contributed by atoms with Crippen LogP contribution in [0.3, 0.4) is 0 Å². The Morgan fingerprint density at radius 3 is 2.74 bits per heavy atom. The van der Waals surface area contributed by atoms with E-state index in [1.165, 1.54) is 0 Å². The molecule has 0 saturated heterocycles. The first-order valence-electron chi connectivity index (χ1n) is 6.09. The van der Waals surface area contributed by atoms with E-state index >= 15 is 0 Å². The number of hydrogen-bond donors (Lipinski definition) is 1. The van der Waals surface area contributed by atoms with Crippen molar-refractivity contribution in [3.63, 3.8) is 0 Å². The first kappa shape index (κ1) is 13.1. The molecule has 1 unspecified atom stereocenters. The highest BCUT2D eigenvalue weighted by atomic mass is 16.5. The van der Waals surface area contributed by atoms with Gasteiger partial charge in [-0.25, -0.2) is 0 Å². The van der Waals surface area contributed by atoms with Crippen LogP contribution in [0.1, 0.15) is 29.7 Å². The van der Waals surface area contributed by atoms with Gasteiger partial charge in [0.1, 0.15) is 12.4 Å². The summed E-state index contributed by atoms with van der Waals surface area (Å²) >= 11 is 0. The van der Waals surface area contributed by atoms with Crippen molar-refractivity contribution in [1.29, 1.82) is 5.26 Å². The molecule has 0 aromatic heterocycles. The van der Waals surface area contributed by atoms with E-state index in [0.29, 0.717) is 17.9 Å². The van der Waals surface area contributed by atoms with E-state index in [-0.39, 0.29) is 0 Å². The fraction of sp³-hybridized carbons (Fsp3) is 0.188. The van der Waals surface area contributed by atoms with Gasteiger partial charge in [0.25, 0.3) is 0 Å². The largest absolute Gasteiger partial charge is 0.489 e. The van der Waals surface area contributed by atoms with Gasteiger partial charge in [0, 0.05) is 0 Å². The Bertz CT molecular complexity index is 600. The van der Waals surface area contributed by atoms with Gasteiger partial charge in [0.2, 0.25) is 0 Å². The molecule has 3 heteroatoms. The zero-order chi connectivity index (χ0) is 13.7. The zero-order valence-electron chi connectivity index (χ0n) is 10.7. The minimum atomic E-state index is -0.509. The minimum absolute atomic E-state index is 0.402. The molecule has 0 fully saturated rings. The molecule has 0 aliphatic heterocycles.